The molecule has 42 heavy (non-hydrogen) atoms. The molecule has 1 fully saturated rings. The van der Waals surface area contributed by atoms with Crippen molar-refractivity contribution in [2.75, 3.05) is 45.1 Å². The van der Waals surface area contributed by atoms with Crippen LogP contribution in [0.3, 0.4) is 0 Å². The Balaban J connectivity index is 1.70. The first-order valence-corrected chi connectivity index (χ1v) is 14.3. The van der Waals surface area contributed by atoms with Gasteiger partial charge < -0.3 is 15.3 Å². The molecule has 11 heteroatoms. The maximum absolute atomic E-state index is 13.6. The van der Waals surface area contributed by atoms with Gasteiger partial charge in [0.15, 0.2) is 11.5 Å². The maximum Gasteiger partial charge on any atom is 0.417 e. The summed E-state index contributed by atoms with van der Waals surface area (Å²) in [6, 6.07) is 0.364. The third-order valence-electron chi connectivity index (χ3n) is 7.56. The fourth-order valence-corrected chi connectivity index (χ4v) is 4.89. The van der Waals surface area contributed by atoms with Gasteiger partial charge in [-0.25, -0.2) is 9.97 Å². The Morgan fingerprint density at radius 3 is 2.45 bits per heavy atom. The van der Waals surface area contributed by atoms with Crippen LogP contribution in [0.15, 0.2) is 72.4 Å². The predicted octanol–water partition coefficient (Wildman–Crippen LogP) is 5.39. The van der Waals surface area contributed by atoms with Gasteiger partial charge in [-0.15, -0.1) is 0 Å². The molecule has 3 rings (SSSR count). The summed E-state index contributed by atoms with van der Waals surface area (Å²) >= 11 is 0. The molecule has 0 aromatic carbocycles. The molecule has 0 amide bonds. The number of fused-ring (bicyclic) bond motifs is 1. The van der Waals surface area contributed by atoms with Crippen molar-refractivity contribution < 1.29 is 18.3 Å². The van der Waals surface area contributed by atoms with Crippen LogP contribution < -0.4 is 10.6 Å². The first kappa shape index (κ1) is 33.1. The second kappa shape index (κ2) is 14.7. The number of anilines is 1. The molecule has 8 nitrogen and oxygen atoms in total. The Kier molecular flexibility index (Phi) is 11.6. The molecule has 0 saturated carbocycles. The van der Waals surface area contributed by atoms with Gasteiger partial charge in [0.2, 0.25) is 0 Å². The molecule has 1 aliphatic rings. The van der Waals surface area contributed by atoms with Gasteiger partial charge >= 0.3 is 6.18 Å². The number of nitrogens with one attached hydrogen (secondary N) is 2. The summed E-state index contributed by atoms with van der Waals surface area (Å²) in [5.74, 6) is 0.587. The van der Waals surface area contributed by atoms with E-state index in [-0.39, 0.29) is 5.70 Å². The van der Waals surface area contributed by atoms with Gasteiger partial charge in [-0.05, 0) is 70.4 Å². The van der Waals surface area contributed by atoms with Crippen LogP contribution in [0.5, 0.6) is 0 Å². The van der Waals surface area contributed by atoms with Crippen molar-refractivity contribution >= 4 is 17.0 Å². The van der Waals surface area contributed by atoms with Crippen LogP contribution >= 0.6 is 0 Å². The summed E-state index contributed by atoms with van der Waals surface area (Å²) in [6.45, 7) is 18.4. The van der Waals surface area contributed by atoms with E-state index in [1.165, 1.54) is 0 Å². The van der Waals surface area contributed by atoms with E-state index in [9.17, 15) is 18.3 Å². The molecule has 1 unspecified atom stereocenters. The number of halogens is 3. The van der Waals surface area contributed by atoms with Crippen molar-refractivity contribution in [2.24, 2.45) is 0 Å². The molecule has 2 aromatic heterocycles. The summed E-state index contributed by atoms with van der Waals surface area (Å²) in [4.78, 5) is 13.1. The minimum absolute atomic E-state index is 0.177. The lowest BCUT2D eigenvalue weighted by Crippen LogP contribution is -2.48. The van der Waals surface area contributed by atoms with E-state index in [4.69, 9.17) is 0 Å². The predicted molar refractivity (Wildman–Crippen MR) is 164 cm³/mol. The Morgan fingerprint density at radius 1 is 1.17 bits per heavy atom. The van der Waals surface area contributed by atoms with E-state index in [0.29, 0.717) is 55.6 Å². The molecular weight excluding hydrogens is 543 g/mol. The number of hydrogen-bond donors (Lipinski definition) is 3. The van der Waals surface area contributed by atoms with Crippen LogP contribution in [0.2, 0.25) is 0 Å². The van der Waals surface area contributed by atoms with Gasteiger partial charge in [0, 0.05) is 56.9 Å². The van der Waals surface area contributed by atoms with Gasteiger partial charge in [0.05, 0.1) is 17.5 Å². The number of hydrogen-bond acceptors (Lipinski definition) is 7. The van der Waals surface area contributed by atoms with Gasteiger partial charge in [0.25, 0.3) is 0 Å². The highest BCUT2D eigenvalue weighted by atomic mass is 19.4. The highest BCUT2D eigenvalue weighted by molar-refractivity contribution is 5.76. The molecule has 2 aromatic rings. The molecular formula is C31H44F3N7O. The maximum atomic E-state index is 13.6. The first-order chi connectivity index (χ1) is 19.9. The van der Waals surface area contributed by atoms with Crippen molar-refractivity contribution in [3.05, 3.63) is 78.1 Å². The summed E-state index contributed by atoms with van der Waals surface area (Å²) in [7, 11) is 1.66. The topological polar surface area (TPSA) is 81.0 Å². The number of alkyl halides is 3. The highest BCUT2D eigenvalue weighted by Crippen LogP contribution is 2.32. The number of nitrogens with zero attached hydrogens (tertiary/aromatic N) is 5. The number of imidazole rings is 1. The van der Waals surface area contributed by atoms with E-state index in [0.717, 1.165) is 29.9 Å². The largest absolute Gasteiger partial charge is 0.417 e. The molecule has 0 aliphatic carbocycles. The van der Waals surface area contributed by atoms with E-state index in [1.807, 2.05) is 36.6 Å². The van der Waals surface area contributed by atoms with Gasteiger partial charge in [-0.3, -0.25) is 14.6 Å². The SMILES string of the molecule is C=C(/C(C)=C\C(=C/C)c1cnc(NCCC/C=C(\C(=C)C(F)(F)F)N2CCN(C(C)C)CC2)c2nccn12)C(O)NC. The third-order valence-corrected chi connectivity index (χ3v) is 7.56. The lowest BCUT2D eigenvalue weighted by molar-refractivity contribution is -0.0915. The number of aliphatic hydroxyl groups excluding tert-OH is 1. The minimum atomic E-state index is -4.48. The second-order valence-corrected chi connectivity index (χ2v) is 10.7. The Bertz CT molecular complexity index is 1330. The smallest absolute Gasteiger partial charge is 0.374 e. The number of unbranched alkanes of at least 4 members (excludes halogenated alkanes) is 1. The summed E-state index contributed by atoms with van der Waals surface area (Å²) < 4.78 is 42.8. The third kappa shape index (κ3) is 8.11. The fraction of sp³-hybridized carbons (Fsp3) is 0.484. The average Bonchev–Trinajstić information content (AvgIpc) is 3.47. The number of likely N-dealkylation sites (N-methyl/N-ethyl adjacent to an activating group) is 1. The standard InChI is InChI=1S/C31H44F3N7O/c1-8-25(19-22(4)23(5)30(42)35-7)27-20-38-28(29-37-13-14-41(27)29)36-12-10-9-11-26(24(6)31(32,33)34)40-17-15-39(16-18-40)21(2)3/h8,11,13-14,19-21,30,35,42H,5-6,9-10,12,15-18H2,1-4,7H3,(H,36,38)/b22-19-,25-8+,26-11+. The van der Waals surface area contributed by atoms with Crippen LogP contribution in [0.1, 0.15) is 46.2 Å². The zero-order chi connectivity index (χ0) is 31.0. The van der Waals surface area contributed by atoms with Crippen LogP contribution in [0, 0.1) is 0 Å². The molecule has 230 valence electrons. The number of piperazine rings is 1. The molecule has 1 saturated heterocycles. The van der Waals surface area contributed by atoms with Gasteiger partial charge in [-0.1, -0.05) is 25.3 Å². The van der Waals surface area contributed by atoms with E-state index in [1.54, 1.807) is 30.4 Å². The fourth-order valence-electron chi connectivity index (χ4n) is 4.89. The molecule has 1 aliphatic heterocycles. The molecule has 0 radical (unpaired) electrons. The van der Waals surface area contributed by atoms with Crippen LogP contribution in [0.25, 0.3) is 11.2 Å². The molecule has 0 bridgehead atoms. The Hall–Kier alpha value is -3.41. The lowest BCUT2D eigenvalue weighted by atomic mass is 10.0. The van der Waals surface area contributed by atoms with Crippen LogP contribution in [0.4, 0.5) is 19.0 Å². The minimum Gasteiger partial charge on any atom is -0.374 e. The van der Waals surface area contributed by atoms with Crippen molar-refractivity contribution in [3.63, 3.8) is 0 Å². The average molecular weight is 588 g/mol. The quantitative estimate of drug-likeness (QED) is 0.165. The van der Waals surface area contributed by atoms with E-state index < -0.39 is 18.0 Å². The van der Waals surface area contributed by atoms with Crippen molar-refractivity contribution in [2.45, 2.75) is 59.0 Å². The zero-order valence-corrected chi connectivity index (χ0v) is 25.3. The Morgan fingerprint density at radius 2 is 1.86 bits per heavy atom. The number of aromatic nitrogens is 3. The molecule has 3 N–H and O–H groups in total. The van der Waals surface area contributed by atoms with Crippen LogP contribution in [-0.4, -0.2) is 87.5 Å². The summed E-state index contributed by atoms with van der Waals surface area (Å²) in [6.07, 6.45) is 6.58. The van der Waals surface area contributed by atoms with Gasteiger partial charge in [-0.2, -0.15) is 13.2 Å². The van der Waals surface area contributed by atoms with E-state index in [2.05, 4.69) is 52.5 Å². The summed E-state index contributed by atoms with van der Waals surface area (Å²) in [5.41, 5.74) is 3.11. The van der Waals surface area contributed by atoms with Crippen LogP contribution in [-0.2, 0) is 0 Å². The molecule has 3 heterocycles. The second-order valence-electron chi connectivity index (χ2n) is 10.7. The highest BCUT2D eigenvalue weighted by Gasteiger charge is 2.36. The number of allylic oxidation sites excluding steroid dienone is 5. The van der Waals surface area contributed by atoms with Crippen molar-refractivity contribution in [1.29, 1.82) is 0 Å². The Labute approximate surface area is 247 Å². The first-order valence-electron chi connectivity index (χ1n) is 14.3. The monoisotopic (exact) mass is 587 g/mol. The number of rotatable bonds is 13. The molecule has 1 atom stereocenters. The number of aliphatic hydroxyl groups is 1. The zero-order valence-electron chi connectivity index (χ0n) is 25.3. The van der Waals surface area contributed by atoms with Crippen molar-refractivity contribution in [3.8, 4) is 0 Å². The van der Waals surface area contributed by atoms with Crippen molar-refractivity contribution in [1.82, 2.24) is 29.5 Å². The lowest BCUT2D eigenvalue weighted by Gasteiger charge is -2.39. The van der Waals surface area contributed by atoms with Gasteiger partial charge in [0.1, 0.15) is 6.23 Å². The summed E-state index contributed by atoms with van der Waals surface area (Å²) in [5, 5.41) is 16.1. The normalized spacial score (nSPS) is 16.8. The van der Waals surface area contributed by atoms with E-state index >= 15 is 0 Å². The molecule has 0 spiro atoms.